The van der Waals surface area contributed by atoms with E-state index in [1.54, 1.807) is 24.0 Å². The van der Waals surface area contributed by atoms with E-state index in [1.807, 2.05) is 18.2 Å². The van der Waals surface area contributed by atoms with Crippen molar-refractivity contribution >= 4 is 45.9 Å². The van der Waals surface area contributed by atoms with Gasteiger partial charge in [0.25, 0.3) is 12.3 Å². The molecule has 16 nitrogen and oxygen atoms in total. The average molecular weight is 810 g/mol. The number of benzene rings is 1. The number of imidazole rings is 1. The first-order chi connectivity index (χ1) is 28.6. The Balaban J connectivity index is 0.758. The largest absolute Gasteiger partial charge is 0.374 e. The van der Waals surface area contributed by atoms with E-state index in [4.69, 9.17) is 9.72 Å². The number of carbonyl (C=O) groups is 3. The summed E-state index contributed by atoms with van der Waals surface area (Å²) in [5.41, 5.74) is 1.68. The third-order valence-corrected chi connectivity index (χ3v) is 12.1. The van der Waals surface area contributed by atoms with Crippen molar-refractivity contribution in [3.63, 3.8) is 0 Å². The van der Waals surface area contributed by atoms with Gasteiger partial charge in [0.15, 0.2) is 11.3 Å². The Labute approximate surface area is 337 Å². The van der Waals surface area contributed by atoms with Gasteiger partial charge in [0, 0.05) is 38.8 Å². The van der Waals surface area contributed by atoms with E-state index in [0.717, 1.165) is 64.0 Å². The van der Waals surface area contributed by atoms with Crippen LogP contribution in [-0.2, 0) is 21.4 Å². The van der Waals surface area contributed by atoms with Gasteiger partial charge in [0.05, 0.1) is 53.3 Å². The molecule has 3 aliphatic heterocycles. The van der Waals surface area contributed by atoms with Crippen LogP contribution in [0.15, 0.2) is 47.7 Å². The molecule has 4 aliphatic rings. The second-order valence-electron chi connectivity index (χ2n) is 15.9. The third kappa shape index (κ3) is 7.48. The number of aryl methyl sites for hydroxylation is 1. The van der Waals surface area contributed by atoms with Gasteiger partial charge in [0.2, 0.25) is 11.8 Å². The standard InChI is InChI=1S/C41H45F2N11O5/c1-50-36-25(7-5-8-31(36)54(41(50)58)32-13-14-34(55)48-40(32)57)6-3-2-4-16-44-19-24-9-11-26(12-10-24)53-22-30(35(49-53)37(42)43)46-39(56)29-20-45-52-17-15-33(47-38(29)52)51-21-28-18-27(51)23-59-28/h5,7-8,15,17,20,22,24,26-28,32,37,44H,2,4,9-14,16,18-19,21,23H2,1H3,(H,46,56)(H,48,55,57)/t24-,26-,27-,28-,32?/m1/s1. The summed E-state index contributed by atoms with van der Waals surface area (Å²) >= 11 is 0. The zero-order valence-electron chi connectivity index (χ0n) is 32.6. The number of hydrogen-bond donors (Lipinski definition) is 3. The maximum absolute atomic E-state index is 14.2. The molecule has 9 rings (SSSR count). The van der Waals surface area contributed by atoms with Gasteiger partial charge in [0.1, 0.15) is 17.4 Å². The molecule has 0 spiro atoms. The van der Waals surface area contributed by atoms with Crippen LogP contribution in [0.2, 0.25) is 0 Å². The summed E-state index contributed by atoms with van der Waals surface area (Å²) in [6, 6.07) is 6.75. The van der Waals surface area contributed by atoms with Crippen molar-refractivity contribution in [3.8, 4) is 11.8 Å². The molecular formula is C41H45F2N11O5. The van der Waals surface area contributed by atoms with Gasteiger partial charge in [-0.1, -0.05) is 17.9 Å². The Kier molecular flexibility index (Phi) is 10.5. The van der Waals surface area contributed by atoms with E-state index in [9.17, 15) is 28.0 Å². The number of piperidine rings is 1. The molecule has 308 valence electrons. The van der Waals surface area contributed by atoms with Crippen LogP contribution in [0.4, 0.5) is 20.3 Å². The second-order valence-corrected chi connectivity index (χ2v) is 15.9. The molecule has 59 heavy (non-hydrogen) atoms. The van der Waals surface area contributed by atoms with Gasteiger partial charge in [-0.05, 0) is 82.2 Å². The van der Waals surface area contributed by atoms with Gasteiger partial charge in [-0.25, -0.2) is 23.1 Å². The van der Waals surface area contributed by atoms with Gasteiger partial charge >= 0.3 is 5.69 Å². The number of unbranched alkanes of at least 4 members (excludes halogenated alkanes) is 1. The lowest BCUT2D eigenvalue weighted by Gasteiger charge is -2.28. The van der Waals surface area contributed by atoms with E-state index >= 15 is 0 Å². The highest BCUT2D eigenvalue weighted by atomic mass is 19.3. The summed E-state index contributed by atoms with van der Waals surface area (Å²) in [6.45, 7) is 2.98. The van der Waals surface area contributed by atoms with Crippen LogP contribution < -0.4 is 26.5 Å². The third-order valence-electron chi connectivity index (χ3n) is 12.1. The van der Waals surface area contributed by atoms with E-state index in [0.29, 0.717) is 41.2 Å². The monoisotopic (exact) mass is 809 g/mol. The molecule has 7 heterocycles. The van der Waals surface area contributed by atoms with Gasteiger partial charge in [-0.15, -0.1) is 0 Å². The normalized spacial score (nSPS) is 23.0. The first-order valence-electron chi connectivity index (χ1n) is 20.3. The predicted octanol–water partition coefficient (Wildman–Crippen LogP) is 3.88. The summed E-state index contributed by atoms with van der Waals surface area (Å²) in [7, 11) is 1.66. The van der Waals surface area contributed by atoms with Crippen LogP contribution >= 0.6 is 0 Å². The summed E-state index contributed by atoms with van der Waals surface area (Å²) in [5, 5.41) is 17.1. The molecule has 18 heteroatoms. The number of morpholine rings is 1. The van der Waals surface area contributed by atoms with E-state index < -0.39 is 30.0 Å². The number of amides is 3. The van der Waals surface area contributed by atoms with E-state index in [2.05, 4.69) is 42.9 Å². The highest BCUT2D eigenvalue weighted by Crippen LogP contribution is 2.36. The number of nitrogens with one attached hydrogen (secondary N) is 3. The number of fused-ring (bicyclic) bond motifs is 4. The molecule has 1 saturated carbocycles. The molecule has 3 N–H and O–H groups in total. The quantitative estimate of drug-likeness (QED) is 0.101. The topological polar surface area (TPSA) is 175 Å². The van der Waals surface area contributed by atoms with Gasteiger partial charge in [-0.3, -0.25) is 33.5 Å². The zero-order chi connectivity index (χ0) is 40.8. The van der Waals surface area contributed by atoms with Crippen LogP contribution in [0.3, 0.4) is 0 Å². The number of anilines is 2. The van der Waals surface area contributed by atoms with Crippen LogP contribution in [-0.4, -0.2) is 89.6 Å². The molecule has 5 aromatic rings. The number of alkyl halides is 2. The van der Waals surface area contributed by atoms with Crippen molar-refractivity contribution in [3.05, 3.63) is 70.2 Å². The minimum absolute atomic E-state index is 0.0206. The molecule has 3 atom stereocenters. The van der Waals surface area contributed by atoms with Crippen LogP contribution in [0.25, 0.3) is 16.7 Å². The van der Waals surface area contributed by atoms with Crippen molar-refractivity contribution in [2.75, 3.05) is 36.5 Å². The minimum Gasteiger partial charge on any atom is -0.374 e. The molecule has 1 aromatic carbocycles. The first-order valence-corrected chi connectivity index (χ1v) is 20.3. The smallest absolute Gasteiger partial charge is 0.329 e. The molecule has 1 aliphatic carbocycles. The second kappa shape index (κ2) is 16.0. The van der Waals surface area contributed by atoms with Gasteiger partial charge in [-0.2, -0.15) is 10.2 Å². The Morgan fingerprint density at radius 1 is 1.10 bits per heavy atom. The van der Waals surface area contributed by atoms with Gasteiger partial charge < -0.3 is 20.3 Å². The van der Waals surface area contributed by atoms with Crippen molar-refractivity contribution in [2.45, 2.75) is 88.4 Å². The molecule has 0 radical (unpaired) electrons. The van der Waals surface area contributed by atoms with Crippen molar-refractivity contribution in [1.82, 2.24) is 44.1 Å². The lowest BCUT2D eigenvalue weighted by atomic mass is 9.86. The van der Waals surface area contributed by atoms with Crippen LogP contribution in [0, 0.1) is 17.8 Å². The molecule has 1 unspecified atom stereocenters. The molecular weight excluding hydrogens is 765 g/mol. The van der Waals surface area contributed by atoms with Crippen LogP contribution in [0.5, 0.6) is 0 Å². The SMILES string of the molecule is Cn1c(=O)n(C2CCC(=O)NC2=O)c2cccc(C#CCCCNC[C@H]3CC[C@H](n4cc(NC(=O)c5cnn6ccc(N7C[C@H]8C[C@@H]7CO8)nc56)c(C(F)F)n4)CC3)c21. The number of para-hydroxylation sites is 1. The number of aromatic nitrogens is 7. The highest BCUT2D eigenvalue weighted by Gasteiger charge is 2.40. The summed E-state index contributed by atoms with van der Waals surface area (Å²) in [5.74, 6) is 6.21. The molecule has 3 saturated heterocycles. The number of hydrogen-bond acceptors (Lipinski definition) is 10. The van der Waals surface area contributed by atoms with Crippen molar-refractivity contribution in [2.24, 2.45) is 13.0 Å². The van der Waals surface area contributed by atoms with Crippen molar-refractivity contribution < 1.29 is 27.9 Å². The Hall–Kier alpha value is -5.93. The fourth-order valence-electron chi connectivity index (χ4n) is 9.05. The molecule has 4 aromatic heterocycles. The average Bonchev–Trinajstić information content (AvgIpc) is 4.08. The maximum atomic E-state index is 14.2. The maximum Gasteiger partial charge on any atom is 0.329 e. The fraction of sp³-hybridized carbons (Fsp3) is 0.488. The summed E-state index contributed by atoms with van der Waals surface area (Å²) in [6.07, 6.45) is 8.20. The number of ether oxygens (including phenoxy) is 1. The van der Waals surface area contributed by atoms with Crippen molar-refractivity contribution in [1.29, 1.82) is 0 Å². The summed E-state index contributed by atoms with van der Waals surface area (Å²) < 4.78 is 40.2. The highest BCUT2D eigenvalue weighted by molar-refractivity contribution is 6.08. The predicted molar refractivity (Wildman–Crippen MR) is 212 cm³/mol. The number of carbonyl (C=O) groups excluding carboxylic acids is 3. The molecule has 2 bridgehead atoms. The first kappa shape index (κ1) is 38.6. The van der Waals surface area contributed by atoms with E-state index in [1.165, 1.54) is 26.0 Å². The van der Waals surface area contributed by atoms with Crippen LogP contribution in [0.1, 0.15) is 97.9 Å². The minimum atomic E-state index is -2.87. The Morgan fingerprint density at radius 2 is 1.95 bits per heavy atom. The number of halogens is 2. The number of rotatable bonds is 11. The summed E-state index contributed by atoms with van der Waals surface area (Å²) in [4.78, 5) is 57.8. The zero-order valence-corrected chi connectivity index (χ0v) is 32.6. The number of nitrogens with zero attached hydrogens (tertiary/aromatic N) is 8. The molecule has 4 fully saturated rings. The lowest BCUT2D eigenvalue weighted by molar-refractivity contribution is -0.135. The fourth-order valence-corrected chi connectivity index (χ4v) is 9.05. The van der Waals surface area contributed by atoms with E-state index in [-0.39, 0.29) is 53.9 Å². The molecule has 3 amide bonds. The Morgan fingerprint density at radius 3 is 2.71 bits per heavy atom. The lowest BCUT2D eigenvalue weighted by Crippen LogP contribution is -2.44. The number of imide groups is 1. The Bertz CT molecular complexity index is 2560.